The third-order valence-corrected chi connectivity index (χ3v) is 1.84. The first-order valence-electron chi connectivity index (χ1n) is 4.78. The number of carbonyl (C=O) groups is 1. The summed E-state index contributed by atoms with van der Waals surface area (Å²) in [5, 5.41) is 0. The van der Waals surface area contributed by atoms with E-state index in [-0.39, 0.29) is 11.7 Å². The van der Waals surface area contributed by atoms with Crippen molar-refractivity contribution in [1.82, 2.24) is 4.98 Å². The fourth-order valence-electron chi connectivity index (χ4n) is 1.09. The average molecular weight is 193 g/mol. The van der Waals surface area contributed by atoms with Gasteiger partial charge in [-0.05, 0) is 13.0 Å². The minimum absolute atomic E-state index is 0.00902. The van der Waals surface area contributed by atoms with Gasteiger partial charge >= 0.3 is 0 Å². The van der Waals surface area contributed by atoms with E-state index in [1.165, 1.54) is 0 Å². The van der Waals surface area contributed by atoms with Gasteiger partial charge in [0.2, 0.25) is 5.88 Å². The van der Waals surface area contributed by atoms with Crippen LogP contribution < -0.4 is 4.74 Å². The van der Waals surface area contributed by atoms with Crippen LogP contribution >= 0.6 is 0 Å². The standard InChI is InChI=1S/C11H15NO2/c1-4-14-10-6-5-9(7-12-10)11(13)8(2)3/h5-8H,4H2,1-3H3. The van der Waals surface area contributed by atoms with Crippen molar-refractivity contribution in [3.8, 4) is 5.88 Å². The number of hydrogen-bond donors (Lipinski definition) is 0. The van der Waals surface area contributed by atoms with Gasteiger partial charge in [0, 0.05) is 23.7 Å². The zero-order valence-electron chi connectivity index (χ0n) is 8.78. The summed E-state index contributed by atoms with van der Waals surface area (Å²) in [4.78, 5) is 15.6. The van der Waals surface area contributed by atoms with E-state index in [2.05, 4.69) is 4.98 Å². The Morgan fingerprint density at radius 1 is 1.50 bits per heavy atom. The Labute approximate surface area is 84.1 Å². The van der Waals surface area contributed by atoms with Crippen LogP contribution in [0.25, 0.3) is 0 Å². The third-order valence-electron chi connectivity index (χ3n) is 1.84. The highest BCUT2D eigenvalue weighted by molar-refractivity contribution is 5.97. The Balaban J connectivity index is 2.78. The molecule has 76 valence electrons. The fraction of sp³-hybridized carbons (Fsp3) is 0.455. The second-order valence-corrected chi connectivity index (χ2v) is 3.34. The van der Waals surface area contributed by atoms with Gasteiger partial charge in [0.05, 0.1) is 6.61 Å². The first-order chi connectivity index (χ1) is 6.65. The maximum Gasteiger partial charge on any atom is 0.213 e. The number of hydrogen-bond acceptors (Lipinski definition) is 3. The van der Waals surface area contributed by atoms with E-state index in [1.54, 1.807) is 18.3 Å². The predicted octanol–water partition coefficient (Wildman–Crippen LogP) is 2.32. The van der Waals surface area contributed by atoms with E-state index in [0.29, 0.717) is 18.1 Å². The van der Waals surface area contributed by atoms with Gasteiger partial charge in [0.25, 0.3) is 0 Å². The van der Waals surface area contributed by atoms with Crippen LogP contribution in [0.15, 0.2) is 18.3 Å². The Morgan fingerprint density at radius 3 is 2.64 bits per heavy atom. The van der Waals surface area contributed by atoms with Gasteiger partial charge in [-0.2, -0.15) is 0 Å². The summed E-state index contributed by atoms with van der Waals surface area (Å²) in [5.41, 5.74) is 0.642. The molecule has 0 bridgehead atoms. The maximum absolute atomic E-state index is 11.5. The Bertz CT molecular complexity index is 304. The predicted molar refractivity (Wildman–Crippen MR) is 54.6 cm³/mol. The lowest BCUT2D eigenvalue weighted by atomic mass is 10.0. The molecule has 0 aromatic carbocycles. The van der Waals surface area contributed by atoms with E-state index in [9.17, 15) is 4.79 Å². The molecule has 0 saturated carbocycles. The summed E-state index contributed by atoms with van der Waals surface area (Å²) >= 11 is 0. The van der Waals surface area contributed by atoms with E-state index < -0.39 is 0 Å². The van der Waals surface area contributed by atoms with Crippen molar-refractivity contribution in [1.29, 1.82) is 0 Å². The molecule has 0 atom stereocenters. The van der Waals surface area contributed by atoms with Crippen molar-refractivity contribution >= 4 is 5.78 Å². The Kier molecular flexibility index (Phi) is 3.63. The lowest BCUT2D eigenvalue weighted by molar-refractivity contribution is 0.0939. The molecule has 0 aliphatic heterocycles. The molecule has 14 heavy (non-hydrogen) atoms. The van der Waals surface area contributed by atoms with Gasteiger partial charge in [-0.25, -0.2) is 4.98 Å². The fourth-order valence-corrected chi connectivity index (χ4v) is 1.09. The molecule has 0 aliphatic rings. The van der Waals surface area contributed by atoms with Crippen molar-refractivity contribution in [3.63, 3.8) is 0 Å². The van der Waals surface area contributed by atoms with Crippen molar-refractivity contribution in [2.45, 2.75) is 20.8 Å². The molecule has 0 aliphatic carbocycles. The van der Waals surface area contributed by atoms with Crippen molar-refractivity contribution in [2.24, 2.45) is 5.92 Å². The van der Waals surface area contributed by atoms with Crippen molar-refractivity contribution < 1.29 is 9.53 Å². The summed E-state index contributed by atoms with van der Waals surface area (Å²) in [5.74, 6) is 0.683. The monoisotopic (exact) mass is 193 g/mol. The lowest BCUT2D eigenvalue weighted by Crippen LogP contribution is -2.07. The maximum atomic E-state index is 11.5. The van der Waals surface area contributed by atoms with E-state index >= 15 is 0 Å². The zero-order valence-corrected chi connectivity index (χ0v) is 8.78. The van der Waals surface area contributed by atoms with Crippen molar-refractivity contribution in [2.75, 3.05) is 6.61 Å². The first-order valence-corrected chi connectivity index (χ1v) is 4.78. The van der Waals surface area contributed by atoms with Crippen LogP contribution in [0.3, 0.4) is 0 Å². The quantitative estimate of drug-likeness (QED) is 0.689. The van der Waals surface area contributed by atoms with Crippen LogP contribution in [0, 0.1) is 5.92 Å². The molecule has 1 heterocycles. The van der Waals surface area contributed by atoms with E-state index in [4.69, 9.17) is 4.74 Å². The number of ketones is 1. The summed E-state index contributed by atoms with van der Waals surface area (Å²) in [6, 6.07) is 3.47. The molecule has 0 fully saturated rings. The Hall–Kier alpha value is -1.38. The van der Waals surface area contributed by atoms with Gasteiger partial charge in [-0.15, -0.1) is 0 Å². The minimum atomic E-state index is 0.00902. The number of pyridine rings is 1. The number of nitrogens with zero attached hydrogens (tertiary/aromatic N) is 1. The molecule has 0 N–H and O–H groups in total. The molecule has 0 radical (unpaired) electrons. The molecule has 1 aromatic heterocycles. The molecular formula is C11H15NO2. The lowest BCUT2D eigenvalue weighted by Gasteiger charge is -2.05. The van der Waals surface area contributed by atoms with Crippen LogP contribution in [0.4, 0.5) is 0 Å². The number of Topliss-reactive ketones (excluding diaryl/α,β-unsaturated/α-hetero) is 1. The molecule has 0 spiro atoms. The topological polar surface area (TPSA) is 39.2 Å². The summed E-state index contributed by atoms with van der Waals surface area (Å²) in [7, 11) is 0. The van der Waals surface area contributed by atoms with Gasteiger partial charge in [0.15, 0.2) is 5.78 Å². The van der Waals surface area contributed by atoms with Crippen LogP contribution in [-0.4, -0.2) is 17.4 Å². The molecule has 3 heteroatoms. The van der Waals surface area contributed by atoms with Crippen LogP contribution in [-0.2, 0) is 0 Å². The van der Waals surface area contributed by atoms with Crippen molar-refractivity contribution in [3.05, 3.63) is 23.9 Å². The smallest absolute Gasteiger partial charge is 0.213 e. The third kappa shape index (κ3) is 2.55. The van der Waals surface area contributed by atoms with Gasteiger partial charge < -0.3 is 4.74 Å². The van der Waals surface area contributed by atoms with Gasteiger partial charge in [0.1, 0.15) is 0 Å². The normalized spacial score (nSPS) is 10.3. The van der Waals surface area contributed by atoms with Crippen LogP contribution in [0.5, 0.6) is 5.88 Å². The summed E-state index contributed by atoms with van der Waals surface area (Å²) < 4.78 is 5.18. The number of carbonyl (C=O) groups excluding carboxylic acids is 1. The second-order valence-electron chi connectivity index (χ2n) is 3.34. The highest BCUT2D eigenvalue weighted by atomic mass is 16.5. The SMILES string of the molecule is CCOc1ccc(C(=O)C(C)C)cn1. The average Bonchev–Trinajstić information content (AvgIpc) is 2.18. The highest BCUT2D eigenvalue weighted by Gasteiger charge is 2.10. The van der Waals surface area contributed by atoms with Gasteiger partial charge in [-0.3, -0.25) is 4.79 Å². The zero-order chi connectivity index (χ0) is 10.6. The second kappa shape index (κ2) is 4.74. The largest absolute Gasteiger partial charge is 0.478 e. The Morgan fingerprint density at radius 2 is 2.21 bits per heavy atom. The molecule has 0 unspecified atom stereocenters. The van der Waals surface area contributed by atoms with Crippen LogP contribution in [0.1, 0.15) is 31.1 Å². The molecule has 0 amide bonds. The molecule has 1 rings (SSSR count). The highest BCUT2D eigenvalue weighted by Crippen LogP contribution is 2.11. The molecular weight excluding hydrogens is 178 g/mol. The molecule has 1 aromatic rings. The van der Waals surface area contributed by atoms with Gasteiger partial charge in [-0.1, -0.05) is 13.8 Å². The summed E-state index contributed by atoms with van der Waals surface area (Å²) in [6.07, 6.45) is 1.56. The first kappa shape index (κ1) is 10.7. The minimum Gasteiger partial charge on any atom is -0.478 e. The summed E-state index contributed by atoms with van der Waals surface area (Å²) in [6.45, 7) is 6.23. The number of rotatable bonds is 4. The number of aromatic nitrogens is 1. The molecule has 3 nitrogen and oxygen atoms in total. The van der Waals surface area contributed by atoms with E-state index in [1.807, 2.05) is 20.8 Å². The molecule has 0 saturated heterocycles. The van der Waals surface area contributed by atoms with E-state index in [0.717, 1.165) is 0 Å². The van der Waals surface area contributed by atoms with Crippen LogP contribution in [0.2, 0.25) is 0 Å². The number of ether oxygens (including phenoxy) is 1.